The van der Waals surface area contributed by atoms with Crippen molar-refractivity contribution >= 4 is 40.1 Å². The Morgan fingerprint density at radius 1 is 1.23 bits per heavy atom. The van der Waals surface area contributed by atoms with Gasteiger partial charge in [0, 0.05) is 12.1 Å². The summed E-state index contributed by atoms with van der Waals surface area (Å²) in [5, 5.41) is 10.1. The predicted octanol–water partition coefficient (Wildman–Crippen LogP) is 3.25. The van der Waals surface area contributed by atoms with Gasteiger partial charge in [-0.1, -0.05) is 11.8 Å². The van der Waals surface area contributed by atoms with Gasteiger partial charge in [0.25, 0.3) is 0 Å². The van der Waals surface area contributed by atoms with Crippen molar-refractivity contribution in [3.8, 4) is 5.75 Å². The highest BCUT2D eigenvalue weighted by molar-refractivity contribution is 8.16. The van der Waals surface area contributed by atoms with Gasteiger partial charge >= 0.3 is 0 Å². The highest BCUT2D eigenvalue weighted by Crippen LogP contribution is 2.33. The van der Waals surface area contributed by atoms with E-state index in [1.165, 1.54) is 29.2 Å². The molecule has 1 aliphatic rings. The van der Waals surface area contributed by atoms with Crippen molar-refractivity contribution in [3.63, 3.8) is 0 Å². The van der Waals surface area contributed by atoms with E-state index in [0.717, 1.165) is 11.8 Å². The monoisotopic (exact) mass is 373 g/mol. The smallest absolute Gasteiger partial charge is 0.247 e. The number of thioether (sulfide) groups is 1. The van der Waals surface area contributed by atoms with E-state index in [0.29, 0.717) is 17.1 Å². The molecule has 0 saturated carbocycles. The van der Waals surface area contributed by atoms with Crippen molar-refractivity contribution in [2.75, 3.05) is 17.3 Å². The van der Waals surface area contributed by atoms with E-state index < -0.39 is 11.1 Å². The summed E-state index contributed by atoms with van der Waals surface area (Å²) < 4.78 is 18.0. The van der Waals surface area contributed by atoms with Crippen LogP contribution in [0.3, 0.4) is 0 Å². The van der Waals surface area contributed by atoms with Gasteiger partial charge in [0.15, 0.2) is 5.17 Å². The molecule has 3 rings (SSSR count). The lowest BCUT2D eigenvalue weighted by Crippen LogP contribution is -2.33. The minimum Gasteiger partial charge on any atom is -0.497 e. The second kappa shape index (κ2) is 7.57. The van der Waals surface area contributed by atoms with Gasteiger partial charge in [-0.2, -0.15) is 0 Å². The average Bonchev–Trinajstić information content (AvgIpc) is 2.90. The lowest BCUT2D eigenvalue weighted by atomic mass is 10.2. The van der Waals surface area contributed by atoms with Gasteiger partial charge in [-0.05, 0) is 48.5 Å². The van der Waals surface area contributed by atoms with E-state index in [4.69, 9.17) is 10.1 Å². The van der Waals surface area contributed by atoms with Gasteiger partial charge in [-0.3, -0.25) is 19.9 Å². The number of hydrogen-bond acceptors (Lipinski definition) is 5. The summed E-state index contributed by atoms with van der Waals surface area (Å²) in [5.74, 6) is -0.436. The van der Waals surface area contributed by atoms with Gasteiger partial charge in [-0.25, -0.2) is 4.39 Å². The quantitative estimate of drug-likeness (QED) is 0.843. The van der Waals surface area contributed by atoms with E-state index in [2.05, 4.69) is 5.32 Å². The third kappa shape index (κ3) is 3.85. The van der Waals surface area contributed by atoms with Crippen LogP contribution in [-0.4, -0.2) is 29.3 Å². The van der Waals surface area contributed by atoms with E-state index in [1.807, 2.05) is 0 Å². The van der Waals surface area contributed by atoms with Crippen molar-refractivity contribution in [2.24, 2.45) is 0 Å². The number of carbonyl (C=O) groups excluding carboxylic acids is 2. The molecule has 1 fully saturated rings. The molecule has 2 aromatic rings. The van der Waals surface area contributed by atoms with Crippen LogP contribution >= 0.6 is 11.8 Å². The first-order chi connectivity index (χ1) is 12.5. The molecule has 26 heavy (non-hydrogen) atoms. The van der Waals surface area contributed by atoms with Crippen LogP contribution in [0.25, 0.3) is 0 Å². The van der Waals surface area contributed by atoms with Gasteiger partial charge < -0.3 is 10.1 Å². The molecule has 0 radical (unpaired) electrons. The first-order valence-corrected chi connectivity index (χ1v) is 8.64. The van der Waals surface area contributed by atoms with Crippen molar-refractivity contribution in [1.82, 2.24) is 0 Å². The number of benzene rings is 2. The van der Waals surface area contributed by atoms with Crippen LogP contribution in [0.1, 0.15) is 6.42 Å². The Kier molecular flexibility index (Phi) is 5.22. The highest BCUT2D eigenvalue weighted by Gasteiger charge is 2.39. The minimum absolute atomic E-state index is 0.0692. The minimum atomic E-state index is -0.676. The number of halogens is 1. The zero-order valence-electron chi connectivity index (χ0n) is 13.9. The molecule has 2 amide bonds. The van der Waals surface area contributed by atoms with Crippen molar-refractivity contribution in [3.05, 3.63) is 54.3 Å². The molecule has 0 aliphatic carbocycles. The molecule has 1 aliphatic heterocycles. The van der Waals surface area contributed by atoms with E-state index >= 15 is 0 Å². The van der Waals surface area contributed by atoms with E-state index in [-0.39, 0.29) is 23.4 Å². The van der Waals surface area contributed by atoms with Crippen LogP contribution < -0.4 is 15.0 Å². The first-order valence-electron chi connectivity index (χ1n) is 7.76. The number of amides is 2. The van der Waals surface area contributed by atoms with Crippen LogP contribution in [0.4, 0.5) is 15.8 Å². The highest BCUT2D eigenvalue weighted by atomic mass is 32.2. The number of methoxy groups -OCH3 is 1. The number of nitrogens with one attached hydrogen (secondary N) is 2. The number of carbonyl (C=O) groups is 2. The Morgan fingerprint density at radius 3 is 2.50 bits per heavy atom. The predicted molar refractivity (Wildman–Crippen MR) is 99.2 cm³/mol. The van der Waals surface area contributed by atoms with E-state index in [1.54, 1.807) is 31.4 Å². The molecule has 1 saturated heterocycles. The first kappa shape index (κ1) is 17.9. The van der Waals surface area contributed by atoms with Gasteiger partial charge in [-0.15, -0.1) is 0 Å². The Bertz CT molecular complexity index is 840. The molecule has 0 aromatic heterocycles. The molecule has 2 N–H and O–H groups in total. The zero-order chi connectivity index (χ0) is 18.7. The summed E-state index contributed by atoms with van der Waals surface area (Å²) in [6.45, 7) is 0. The maximum absolute atomic E-state index is 12.9. The molecule has 6 nitrogen and oxygen atoms in total. The molecule has 0 bridgehead atoms. The second-order valence-corrected chi connectivity index (χ2v) is 6.73. The number of rotatable bonds is 5. The molecule has 134 valence electrons. The normalized spacial score (nSPS) is 16.7. The Balaban J connectivity index is 1.66. The molecule has 1 heterocycles. The molecule has 0 unspecified atom stereocenters. The molecule has 1 atom stereocenters. The largest absolute Gasteiger partial charge is 0.497 e. The second-order valence-electron chi connectivity index (χ2n) is 5.54. The van der Waals surface area contributed by atoms with Crippen LogP contribution in [0.5, 0.6) is 5.75 Å². The number of amidine groups is 1. The SMILES string of the molecule is COc1ccc(N2C(=N)S[C@H](CC(=O)Nc3ccc(F)cc3)C2=O)cc1. The third-order valence-corrected chi connectivity index (χ3v) is 4.84. The Morgan fingerprint density at radius 2 is 1.88 bits per heavy atom. The Labute approximate surface area is 153 Å². The van der Waals surface area contributed by atoms with Gasteiger partial charge in [0.2, 0.25) is 11.8 Å². The maximum Gasteiger partial charge on any atom is 0.247 e. The summed E-state index contributed by atoms with van der Waals surface area (Å²) in [5.41, 5.74) is 1.00. The molecular weight excluding hydrogens is 357 g/mol. The van der Waals surface area contributed by atoms with Crippen molar-refractivity contribution in [1.29, 1.82) is 5.41 Å². The van der Waals surface area contributed by atoms with Crippen LogP contribution in [0.2, 0.25) is 0 Å². The number of hydrogen-bond donors (Lipinski definition) is 2. The average molecular weight is 373 g/mol. The molecular formula is C18H16FN3O3S. The fourth-order valence-electron chi connectivity index (χ4n) is 2.50. The van der Waals surface area contributed by atoms with Gasteiger partial charge in [0.1, 0.15) is 16.8 Å². The van der Waals surface area contributed by atoms with Crippen LogP contribution in [0.15, 0.2) is 48.5 Å². The van der Waals surface area contributed by atoms with Crippen LogP contribution in [0, 0.1) is 11.2 Å². The fourth-order valence-corrected chi connectivity index (χ4v) is 3.51. The topological polar surface area (TPSA) is 82.5 Å². The number of nitrogens with zero attached hydrogens (tertiary/aromatic N) is 1. The molecule has 0 spiro atoms. The fraction of sp³-hybridized carbons (Fsp3) is 0.167. The summed E-state index contributed by atoms with van der Waals surface area (Å²) in [4.78, 5) is 26.0. The van der Waals surface area contributed by atoms with Gasteiger partial charge in [0.05, 0.1) is 12.8 Å². The maximum atomic E-state index is 12.9. The number of anilines is 2. The summed E-state index contributed by atoms with van der Waals surface area (Å²) in [7, 11) is 1.55. The molecule has 2 aromatic carbocycles. The Hall–Kier alpha value is -2.87. The summed E-state index contributed by atoms with van der Waals surface area (Å²) in [6, 6.07) is 12.2. The van der Waals surface area contributed by atoms with E-state index in [9.17, 15) is 14.0 Å². The lowest BCUT2D eigenvalue weighted by molar-refractivity contribution is -0.121. The van der Waals surface area contributed by atoms with Crippen molar-refractivity contribution < 1.29 is 18.7 Å². The summed E-state index contributed by atoms with van der Waals surface area (Å²) in [6.07, 6.45) is -0.0735. The number of ether oxygens (including phenoxy) is 1. The standard InChI is InChI=1S/C18H16FN3O3S/c1-25-14-8-6-13(7-9-14)22-17(24)15(26-18(22)20)10-16(23)21-12-4-2-11(19)3-5-12/h2-9,15,20H,10H2,1H3,(H,21,23)/t15-/m1/s1. The molecule has 8 heteroatoms. The van der Waals surface area contributed by atoms with Crippen LogP contribution in [-0.2, 0) is 9.59 Å². The third-order valence-electron chi connectivity index (χ3n) is 3.78. The zero-order valence-corrected chi connectivity index (χ0v) is 14.7. The van der Waals surface area contributed by atoms with Crippen molar-refractivity contribution in [2.45, 2.75) is 11.7 Å². The summed E-state index contributed by atoms with van der Waals surface area (Å²) >= 11 is 1.04. The lowest BCUT2D eigenvalue weighted by Gasteiger charge is -2.15.